The number of anilines is 1. The van der Waals surface area contributed by atoms with E-state index in [1.165, 1.54) is 0 Å². The number of hydrogen-bond acceptors (Lipinski definition) is 4. The van der Waals surface area contributed by atoms with E-state index in [1.807, 2.05) is 43.3 Å². The lowest BCUT2D eigenvalue weighted by Gasteiger charge is -2.28. The molecular weight excluding hydrogens is 400 g/mol. The highest BCUT2D eigenvalue weighted by Crippen LogP contribution is 2.30. The molecule has 7 heteroatoms. The summed E-state index contributed by atoms with van der Waals surface area (Å²) in [6.07, 6.45) is 1.10. The number of amides is 1. The topological polar surface area (TPSA) is 75.7 Å². The van der Waals surface area contributed by atoms with E-state index in [4.69, 9.17) is 4.74 Å². The van der Waals surface area contributed by atoms with Crippen LogP contribution in [-0.2, 0) is 20.2 Å². The van der Waals surface area contributed by atoms with Crippen LogP contribution in [0, 0.1) is 6.92 Å². The SMILES string of the molecule is Cc1ccc(N(C(C)C(=O)NCCOc2ccccc2C(C)(C)C)S(C)(=O)=O)cc1. The van der Waals surface area contributed by atoms with Crippen molar-refractivity contribution in [3.8, 4) is 5.75 Å². The summed E-state index contributed by atoms with van der Waals surface area (Å²) in [5, 5.41) is 2.77. The second kappa shape index (κ2) is 9.51. The van der Waals surface area contributed by atoms with Gasteiger partial charge in [-0.3, -0.25) is 9.10 Å². The van der Waals surface area contributed by atoms with Crippen LogP contribution in [0.2, 0.25) is 0 Å². The zero-order valence-corrected chi connectivity index (χ0v) is 19.4. The van der Waals surface area contributed by atoms with Crippen LogP contribution in [0.4, 0.5) is 5.69 Å². The summed E-state index contributed by atoms with van der Waals surface area (Å²) < 4.78 is 31.7. The minimum absolute atomic E-state index is 0.0572. The van der Waals surface area contributed by atoms with E-state index in [9.17, 15) is 13.2 Å². The predicted molar refractivity (Wildman–Crippen MR) is 122 cm³/mol. The van der Waals surface area contributed by atoms with E-state index < -0.39 is 16.1 Å². The maximum Gasteiger partial charge on any atom is 0.243 e. The van der Waals surface area contributed by atoms with Gasteiger partial charge in [0, 0.05) is 0 Å². The first kappa shape index (κ1) is 23.7. The molecule has 0 aliphatic heterocycles. The van der Waals surface area contributed by atoms with Crippen molar-refractivity contribution in [3.05, 3.63) is 59.7 Å². The Bertz CT molecular complexity index is 963. The Kier molecular flexibility index (Phi) is 7.53. The standard InChI is InChI=1S/C23H32N2O4S/c1-17-11-13-19(14-12-17)25(30(6,27)28)18(2)22(26)24-15-16-29-21-10-8-7-9-20(21)23(3,4)5/h7-14,18H,15-16H2,1-6H3,(H,24,26). The summed E-state index contributed by atoms with van der Waals surface area (Å²) in [7, 11) is -3.63. The van der Waals surface area contributed by atoms with E-state index in [-0.39, 0.29) is 24.5 Å². The minimum Gasteiger partial charge on any atom is -0.491 e. The first-order valence-electron chi connectivity index (χ1n) is 9.97. The maximum absolute atomic E-state index is 12.6. The minimum atomic E-state index is -3.63. The van der Waals surface area contributed by atoms with Gasteiger partial charge in [0.15, 0.2) is 0 Å². The molecule has 0 radical (unpaired) electrons. The molecule has 2 aromatic carbocycles. The number of para-hydroxylation sites is 1. The van der Waals surface area contributed by atoms with Crippen LogP contribution in [-0.4, -0.2) is 39.8 Å². The molecule has 0 aromatic heterocycles. The molecular formula is C23H32N2O4S. The van der Waals surface area contributed by atoms with Crippen LogP contribution in [0.1, 0.15) is 38.8 Å². The van der Waals surface area contributed by atoms with Crippen molar-refractivity contribution in [2.45, 2.75) is 46.1 Å². The molecule has 0 heterocycles. The number of carbonyl (C=O) groups excluding carboxylic acids is 1. The Balaban J connectivity index is 2.01. The lowest BCUT2D eigenvalue weighted by molar-refractivity contribution is -0.121. The third kappa shape index (κ3) is 6.23. The second-order valence-electron chi connectivity index (χ2n) is 8.46. The molecule has 2 aromatic rings. The number of nitrogens with one attached hydrogen (secondary N) is 1. The molecule has 0 fully saturated rings. The molecule has 0 spiro atoms. The van der Waals surface area contributed by atoms with E-state index in [0.29, 0.717) is 5.69 Å². The molecule has 0 bridgehead atoms. The zero-order chi connectivity index (χ0) is 22.5. The number of carbonyl (C=O) groups is 1. The number of hydrogen-bond donors (Lipinski definition) is 1. The quantitative estimate of drug-likeness (QED) is 0.646. The van der Waals surface area contributed by atoms with Crippen LogP contribution in [0.5, 0.6) is 5.75 Å². The van der Waals surface area contributed by atoms with Crippen molar-refractivity contribution in [1.29, 1.82) is 0 Å². The summed E-state index contributed by atoms with van der Waals surface area (Å²) in [4.78, 5) is 12.6. The molecule has 2 rings (SSSR count). The summed E-state index contributed by atoms with van der Waals surface area (Å²) >= 11 is 0. The molecule has 0 saturated heterocycles. The Labute approximate surface area is 180 Å². The molecule has 1 N–H and O–H groups in total. The van der Waals surface area contributed by atoms with E-state index in [1.54, 1.807) is 19.1 Å². The molecule has 164 valence electrons. The van der Waals surface area contributed by atoms with E-state index in [2.05, 4.69) is 26.1 Å². The van der Waals surface area contributed by atoms with Gasteiger partial charge in [-0.15, -0.1) is 0 Å². The molecule has 0 aliphatic carbocycles. The number of benzene rings is 2. The fraction of sp³-hybridized carbons (Fsp3) is 0.435. The van der Waals surface area contributed by atoms with Gasteiger partial charge in [-0.2, -0.15) is 0 Å². The number of sulfonamides is 1. The number of aryl methyl sites for hydroxylation is 1. The number of ether oxygens (including phenoxy) is 1. The van der Waals surface area contributed by atoms with Crippen molar-refractivity contribution in [3.63, 3.8) is 0 Å². The third-order valence-electron chi connectivity index (χ3n) is 4.73. The fourth-order valence-electron chi connectivity index (χ4n) is 3.20. The summed E-state index contributed by atoms with van der Waals surface area (Å²) in [5.41, 5.74) is 2.50. The monoisotopic (exact) mass is 432 g/mol. The van der Waals surface area contributed by atoms with E-state index >= 15 is 0 Å². The van der Waals surface area contributed by atoms with Gasteiger partial charge in [0.05, 0.1) is 18.5 Å². The zero-order valence-electron chi connectivity index (χ0n) is 18.6. The molecule has 0 saturated carbocycles. The van der Waals surface area contributed by atoms with Crippen LogP contribution in [0.15, 0.2) is 48.5 Å². The van der Waals surface area contributed by atoms with Gasteiger partial charge in [0.1, 0.15) is 18.4 Å². The molecule has 30 heavy (non-hydrogen) atoms. The fourth-order valence-corrected chi connectivity index (χ4v) is 4.37. The lowest BCUT2D eigenvalue weighted by Crippen LogP contribution is -2.48. The lowest BCUT2D eigenvalue weighted by atomic mass is 9.86. The summed E-state index contributed by atoms with van der Waals surface area (Å²) in [6.45, 7) is 10.4. The van der Waals surface area contributed by atoms with Gasteiger partial charge in [-0.25, -0.2) is 8.42 Å². The predicted octanol–water partition coefficient (Wildman–Crippen LogP) is 3.64. The van der Waals surface area contributed by atoms with Crippen LogP contribution in [0.25, 0.3) is 0 Å². The van der Waals surface area contributed by atoms with Gasteiger partial charge in [-0.05, 0) is 43.0 Å². The average Bonchev–Trinajstić information content (AvgIpc) is 2.65. The maximum atomic E-state index is 12.6. The smallest absolute Gasteiger partial charge is 0.243 e. The van der Waals surface area contributed by atoms with Crippen molar-refractivity contribution in [2.24, 2.45) is 0 Å². The molecule has 6 nitrogen and oxygen atoms in total. The van der Waals surface area contributed by atoms with Crippen LogP contribution < -0.4 is 14.4 Å². The second-order valence-corrected chi connectivity index (χ2v) is 10.3. The first-order valence-corrected chi connectivity index (χ1v) is 11.8. The van der Waals surface area contributed by atoms with Gasteiger partial charge < -0.3 is 10.1 Å². The van der Waals surface area contributed by atoms with Crippen molar-refractivity contribution in [2.75, 3.05) is 23.7 Å². The molecule has 0 aliphatic rings. The number of rotatable bonds is 8. The van der Waals surface area contributed by atoms with Crippen molar-refractivity contribution in [1.82, 2.24) is 5.32 Å². The Morgan fingerprint density at radius 3 is 2.27 bits per heavy atom. The largest absolute Gasteiger partial charge is 0.491 e. The highest BCUT2D eigenvalue weighted by Gasteiger charge is 2.28. The Morgan fingerprint density at radius 2 is 1.70 bits per heavy atom. The van der Waals surface area contributed by atoms with Crippen LogP contribution >= 0.6 is 0 Å². The number of nitrogens with zero attached hydrogens (tertiary/aromatic N) is 1. The van der Waals surface area contributed by atoms with Gasteiger partial charge in [0.25, 0.3) is 0 Å². The van der Waals surface area contributed by atoms with Crippen LogP contribution in [0.3, 0.4) is 0 Å². The summed E-state index contributed by atoms with van der Waals surface area (Å²) in [6, 6.07) is 14.0. The highest BCUT2D eigenvalue weighted by atomic mass is 32.2. The Hall–Kier alpha value is -2.54. The van der Waals surface area contributed by atoms with Gasteiger partial charge in [0.2, 0.25) is 15.9 Å². The average molecular weight is 433 g/mol. The van der Waals surface area contributed by atoms with Gasteiger partial charge in [-0.1, -0.05) is 56.7 Å². The molecule has 1 amide bonds. The third-order valence-corrected chi connectivity index (χ3v) is 5.97. The summed E-state index contributed by atoms with van der Waals surface area (Å²) in [5.74, 6) is 0.401. The highest BCUT2D eigenvalue weighted by molar-refractivity contribution is 7.92. The molecule has 1 atom stereocenters. The normalized spacial score (nSPS) is 12.9. The van der Waals surface area contributed by atoms with E-state index in [0.717, 1.165) is 27.4 Å². The van der Waals surface area contributed by atoms with Crippen molar-refractivity contribution < 1.29 is 17.9 Å². The first-order chi connectivity index (χ1) is 13.9. The van der Waals surface area contributed by atoms with Gasteiger partial charge >= 0.3 is 0 Å². The molecule has 1 unspecified atom stereocenters. The Morgan fingerprint density at radius 1 is 1.10 bits per heavy atom. The van der Waals surface area contributed by atoms with Crippen molar-refractivity contribution >= 4 is 21.6 Å².